The highest BCUT2D eigenvalue weighted by atomic mass is 31.2. The van der Waals surface area contributed by atoms with Crippen molar-refractivity contribution in [3.05, 3.63) is 0 Å². The molecule has 0 saturated carbocycles. The number of aliphatic imine (C=N–C) groups is 1. The van der Waals surface area contributed by atoms with Crippen molar-refractivity contribution in [2.24, 2.45) is 22.4 Å². The van der Waals surface area contributed by atoms with Crippen LogP contribution in [0.5, 0.6) is 0 Å². The van der Waals surface area contributed by atoms with Crippen molar-refractivity contribution in [3.8, 4) is 0 Å². The first-order valence-corrected chi connectivity index (χ1v) is 6.95. The van der Waals surface area contributed by atoms with Crippen LogP contribution < -0.4 is 11.5 Å². The fourth-order valence-electron chi connectivity index (χ4n) is 0.857. The van der Waals surface area contributed by atoms with E-state index in [1.807, 2.05) is 13.8 Å². The Labute approximate surface area is 96.9 Å². The van der Waals surface area contributed by atoms with E-state index in [1.54, 1.807) is 13.8 Å². The second kappa shape index (κ2) is 6.89. The second-order valence-corrected chi connectivity index (χ2v) is 6.15. The molecule has 0 radical (unpaired) electrons. The van der Waals surface area contributed by atoms with Gasteiger partial charge in [0.25, 0.3) is 0 Å². The molecule has 0 rings (SSSR count). The number of rotatable bonds is 7. The average Bonchev–Trinajstić information content (AvgIpc) is 2.11. The van der Waals surface area contributed by atoms with Crippen LogP contribution in [0.3, 0.4) is 0 Å². The van der Waals surface area contributed by atoms with Gasteiger partial charge in [0, 0.05) is 0 Å². The van der Waals surface area contributed by atoms with Crippen LogP contribution in [-0.4, -0.2) is 25.0 Å². The van der Waals surface area contributed by atoms with Gasteiger partial charge in [-0.25, -0.2) is 4.99 Å². The normalized spacial score (nSPS) is 15.1. The Hall–Kier alpha value is -0.580. The molecule has 0 amide bonds. The highest BCUT2D eigenvalue weighted by molar-refractivity contribution is 7.53. The molecule has 0 aliphatic heterocycles. The molecular formula is C9H22N3O3P. The maximum absolute atomic E-state index is 12.2. The minimum absolute atomic E-state index is 0.124. The van der Waals surface area contributed by atoms with Gasteiger partial charge in [-0.3, -0.25) is 4.57 Å². The van der Waals surface area contributed by atoms with Crippen LogP contribution in [0.25, 0.3) is 0 Å². The molecule has 0 aromatic carbocycles. The summed E-state index contributed by atoms with van der Waals surface area (Å²) in [7, 11) is -3.23. The van der Waals surface area contributed by atoms with Gasteiger partial charge >= 0.3 is 7.60 Å². The Kier molecular flexibility index (Phi) is 6.64. The number of nitrogens with two attached hydrogens (primary N) is 2. The van der Waals surface area contributed by atoms with Crippen LogP contribution in [0.4, 0.5) is 0 Å². The van der Waals surface area contributed by atoms with Crippen molar-refractivity contribution in [2.75, 3.05) is 12.9 Å². The molecule has 0 bridgehead atoms. The molecule has 0 aliphatic rings. The molecule has 16 heavy (non-hydrogen) atoms. The van der Waals surface area contributed by atoms with Gasteiger partial charge in [0.15, 0.2) is 5.96 Å². The van der Waals surface area contributed by atoms with E-state index in [0.717, 1.165) is 0 Å². The van der Waals surface area contributed by atoms with Gasteiger partial charge in [-0.1, -0.05) is 13.8 Å². The van der Waals surface area contributed by atoms with Crippen LogP contribution >= 0.6 is 7.60 Å². The van der Waals surface area contributed by atoms with E-state index in [0.29, 0.717) is 6.61 Å². The summed E-state index contributed by atoms with van der Waals surface area (Å²) in [5.41, 5.74) is 10.4. The minimum atomic E-state index is -3.23. The van der Waals surface area contributed by atoms with Crippen molar-refractivity contribution in [1.82, 2.24) is 0 Å². The number of nitrogens with zero attached hydrogens (tertiary/aromatic N) is 1. The molecule has 0 aliphatic carbocycles. The van der Waals surface area contributed by atoms with Crippen LogP contribution in [0, 0.1) is 5.92 Å². The van der Waals surface area contributed by atoms with Crippen LogP contribution in [0.1, 0.15) is 27.7 Å². The third-order valence-electron chi connectivity index (χ3n) is 1.40. The molecule has 0 aromatic heterocycles. The molecule has 7 heteroatoms. The fourth-order valence-corrected chi connectivity index (χ4v) is 2.57. The van der Waals surface area contributed by atoms with Gasteiger partial charge in [0.05, 0.1) is 12.7 Å². The summed E-state index contributed by atoms with van der Waals surface area (Å²) < 4.78 is 22.7. The van der Waals surface area contributed by atoms with Crippen LogP contribution in [-0.2, 0) is 13.6 Å². The lowest BCUT2D eigenvalue weighted by Gasteiger charge is -2.20. The smallest absolute Gasteiger partial charge is 0.352 e. The summed E-state index contributed by atoms with van der Waals surface area (Å²) in [5.74, 6) is 0.143. The SMILES string of the molecule is CC(C)COP(=O)(CN=C(N)N)OC(C)C. The zero-order valence-corrected chi connectivity index (χ0v) is 11.2. The third kappa shape index (κ3) is 7.68. The molecule has 0 saturated heterocycles. The Bertz CT molecular complexity index is 275. The Morgan fingerprint density at radius 2 is 1.88 bits per heavy atom. The average molecular weight is 251 g/mol. The van der Waals surface area contributed by atoms with Crippen LogP contribution in [0.15, 0.2) is 4.99 Å². The maximum Gasteiger partial charge on any atom is 0.352 e. The van der Waals surface area contributed by atoms with E-state index in [4.69, 9.17) is 20.5 Å². The first kappa shape index (κ1) is 15.4. The van der Waals surface area contributed by atoms with E-state index in [-0.39, 0.29) is 24.3 Å². The number of guanidine groups is 1. The molecule has 1 unspecified atom stereocenters. The summed E-state index contributed by atoms with van der Waals surface area (Å²) in [5, 5.41) is 0. The number of hydrogen-bond donors (Lipinski definition) is 2. The molecule has 1 atom stereocenters. The highest BCUT2D eigenvalue weighted by Crippen LogP contribution is 2.49. The Morgan fingerprint density at radius 3 is 2.25 bits per heavy atom. The van der Waals surface area contributed by atoms with E-state index < -0.39 is 7.60 Å². The van der Waals surface area contributed by atoms with E-state index in [9.17, 15) is 4.57 Å². The molecule has 0 fully saturated rings. The summed E-state index contributed by atoms with van der Waals surface area (Å²) in [6, 6.07) is 0. The largest absolute Gasteiger partial charge is 0.370 e. The lowest BCUT2D eigenvalue weighted by molar-refractivity contribution is 0.157. The quantitative estimate of drug-likeness (QED) is 0.406. The zero-order valence-electron chi connectivity index (χ0n) is 10.3. The van der Waals surface area contributed by atoms with Crippen molar-refractivity contribution in [1.29, 1.82) is 0 Å². The molecule has 0 heterocycles. The standard InChI is InChI=1S/C9H22N3O3P/c1-7(2)5-14-16(13,15-8(3)4)6-12-9(10)11/h7-8H,5-6H2,1-4H3,(H4,10,11,12). The number of hydrogen-bond acceptors (Lipinski definition) is 4. The lowest BCUT2D eigenvalue weighted by atomic mass is 10.2. The molecular weight excluding hydrogens is 229 g/mol. The van der Waals surface area contributed by atoms with Gasteiger partial charge in [0.1, 0.15) is 6.29 Å². The molecule has 96 valence electrons. The van der Waals surface area contributed by atoms with Gasteiger partial charge in [-0.15, -0.1) is 0 Å². The first-order chi connectivity index (χ1) is 7.25. The summed E-state index contributed by atoms with van der Waals surface area (Å²) in [6.07, 6.45) is -0.340. The van der Waals surface area contributed by atoms with Gasteiger partial charge in [-0.2, -0.15) is 0 Å². The van der Waals surface area contributed by atoms with Crippen molar-refractivity contribution >= 4 is 13.6 Å². The monoisotopic (exact) mass is 251 g/mol. The topological polar surface area (TPSA) is 99.9 Å². The van der Waals surface area contributed by atoms with Crippen molar-refractivity contribution in [3.63, 3.8) is 0 Å². The highest BCUT2D eigenvalue weighted by Gasteiger charge is 2.26. The predicted octanol–water partition coefficient (Wildman–Crippen LogP) is 1.51. The Morgan fingerprint density at radius 1 is 1.31 bits per heavy atom. The van der Waals surface area contributed by atoms with E-state index >= 15 is 0 Å². The summed E-state index contributed by atoms with van der Waals surface area (Å²) in [4.78, 5) is 3.69. The Balaban J connectivity index is 4.48. The van der Waals surface area contributed by atoms with Crippen molar-refractivity contribution in [2.45, 2.75) is 33.8 Å². The van der Waals surface area contributed by atoms with Gasteiger partial charge < -0.3 is 20.5 Å². The fraction of sp³-hybridized carbons (Fsp3) is 0.889. The van der Waals surface area contributed by atoms with Gasteiger partial charge in [0.2, 0.25) is 0 Å². The third-order valence-corrected chi connectivity index (χ3v) is 3.18. The van der Waals surface area contributed by atoms with Crippen LogP contribution in [0.2, 0.25) is 0 Å². The zero-order chi connectivity index (χ0) is 12.8. The van der Waals surface area contributed by atoms with E-state index in [1.165, 1.54) is 0 Å². The predicted molar refractivity (Wildman–Crippen MR) is 65.3 cm³/mol. The second-order valence-electron chi connectivity index (χ2n) is 4.18. The minimum Gasteiger partial charge on any atom is -0.370 e. The molecule has 6 nitrogen and oxygen atoms in total. The maximum atomic E-state index is 12.2. The van der Waals surface area contributed by atoms with Crippen molar-refractivity contribution < 1.29 is 13.6 Å². The summed E-state index contributed by atoms with van der Waals surface area (Å²) >= 11 is 0. The molecule has 4 N–H and O–H groups in total. The van der Waals surface area contributed by atoms with Gasteiger partial charge in [-0.05, 0) is 19.8 Å². The van der Waals surface area contributed by atoms with E-state index in [2.05, 4.69) is 4.99 Å². The lowest BCUT2D eigenvalue weighted by Crippen LogP contribution is -2.23. The molecule has 0 aromatic rings. The summed E-state index contributed by atoms with van der Waals surface area (Å²) in [6.45, 7) is 7.83. The molecule has 0 spiro atoms. The first-order valence-electron chi connectivity index (χ1n) is 5.22.